The lowest BCUT2D eigenvalue weighted by molar-refractivity contribution is -0.119. The van der Waals surface area contributed by atoms with Gasteiger partial charge in [0.15, 0.2) is 0 Å². The first-order valence-electron chi connectivity index (χ1n) is 15.0. The maximum Gasteiger partial charge on any atom is 0.251 e. The number of hydrogen-bond donors (Lipinski definition) is 3. The minimum atomic E-state index is -0.747. The number of nitrogens with zero attached hydrogens (tertiary/aromatic N) is 1. The molecule has 2 aromatic carbocycles. The molecule has 1 unspecified atom stereocenters. The van der Waals surface area contributed by atoms with Gasteiger partial charge in [0, 0.05) is 36.8 Å². The van der Waals surface area contributed by atoms with Crippen LogP contribution in [0.5, 0.6) is 0 Å². The Labute approximate surface area is 235 Å². The summed E-state index contributed by atoms with van der Waals surface area (Å²) in [6, 6.07) is 15.6. The van der Waals surface area contributed by atoms with Crippen molar-refractivity contribution in [2.45, 2.75) is 104 Å². The van der Waals surface area contributed by atoms with Crippen LogP contribution in [0.4, 0.5) is 5.69 Å². The fraction of sp³-hybridized carbons (Fsp3) is 0.576. The van der Waals surface area contributed by atoms with Crippen molar-refractivity contribution < 1.29 is 14.7 Å². The average molecular weight is 536 g/mol. The lowest BCUT2D eigenvalue weighted by Crippen LogP contribution is -2.49. The molecule has 1 saturated heterocycles. The Balaban J connectivity index is 1.75. The predicted octanol–water partition coefficient (Wildman–Crippen LogP) is 5.66. The molecule has 0 radical (unpaired) electrons. The molecule has 1 aliphatic heterocycles. The summed E-state index contributed by atoms with van der Waals surface area (Å²) in [6.45, 7) is 9.84. The number of anilines is 1. The Morgan fingerprint density at radius 2 is 1.79 bits per heavy atom. The quantitative estimate of drug-likeness (QED) is 0.275. The molecule has 1 fully saturated rings. The van der Waals surface area contributed by atoms with E-state index in [9.17, 15) is 14.7 Å². The third-order valence-electron chi connectivity index (χ3n) is 7.59. The molecule has 2 aromatic rings. The minimum Gasteiger partial charge on any atom is -0.390 e. The Morgan fingerprint density at radius 1 is 1.03 bits per heavy atom. The van der Waals surface area contributed by atoms with Crippen molar-refractivity contribution in [1.29, 1.82) is 0 Å². The number of carbonyl (C=O) groups excluding carboxylic acids is 2. The molecule has 0 spiro atoms. The zero-order valence-corrected chi connectivity index (χ0v) is 24.4. The molecule has 0 aliphatic carbocycles. The second-order valence-electron chi connectivity index (χ2n) is 11.6. The van der Waals surface area contributed by atoms with E-state index in [4.69, 9.17) is 0 Å². The summed E-state index contributed by atoms with van der Waals surface area (Å²) in [5.74, 6) is 0.591. The third-order valence-corrected chi connectivity index (χ3v) is 7.59. The van der Waals surface area contributed by atoms with E-state index in [0.29, 0.717) is 43.5 Å². The van der Waals surface area contributed by atoms with Crippen molar-refractivity contribution in [3.05, 3.63) is 65.2 Å². The van der Waals surface area contributed by atoms with Gasteiger partial charge in [-0.3, -0.25) is 9.59 Å². The Hall–Kier alpha value is -2.70. The van der Waals surface area contributed by atoms with Gasteiger partial charge in [-0.05, 0) is 74.3 Å². The number of carbonyl (C=O) groups is 2. The van der Waals surface area contributed by atoms with Gasteiger partial charge < -0.3 is 20.6 Å². The molecule has 2 amide bonds. The number of benzene rings is 2. The van der Waals surface area contributed by atoms with Crippen LogP contribution in [0.2, 0.25) is 0 Å². The van der Waals surface area contributed by atoms with E-state index in [-0.39, 0.29) is 11.8 Å². The second-order valence-corrected chi connectivity index (χ2v) is 11.6. The van der Waals surface area contributed by atoms with Crippen LogP contribution < -0.4 is 15.5 Å². The van der Waals surface area contributed by atoms with Gasteiger partial charge >= 0.3 is 0 Å². The number of amides is 2. The number of nitrogens with one attached hydrogen (secondary N) is 2. The molecule has 6 nitrogen and oxygen atoms in total. The van der Waals surface area contributed by atoms with Crippen LogP contribution in [0.1, 0.15) is 94.1 Å². The summed E-state index contributed by atoms with van der Waals surface area (Å²) in [4.78, 5) is 28.1. The van der Waals surface area contributed by atoms with Crippen molar-refractivity contribution >= 4 is 17.5 Å². The summed E-state index contributed by atoms with van der Waals surface area (Å²) < 4.78 is 0. The number of rotatable bonds is 15. The third kappa shape index (κ3) is 10.1. The zero-order valence-electron chi connectivity index (χ0n) is 24.4. The van der Waals surface area contributed by atoms with Gasteiger partial charge in [-0.2, -0.15) is 0 Å². The number of aryl methyl sites for hydroxylation is 1. The summed E-state index contributed by atoms with van der Waals surface area (Å²) in [5.41, 5.74) is 3.45. The van der Waals surface area contributed by atoms with Crippen LogP contribution in [0.15, 0.2) is 48.5 Å². The maximum absolute atomic E-state index is 13.6. The van der Waals surface area contributed by atoms with Crippen LogP contribution in [0, 0.1) is 5.92 Å². The summed E-state index contributed by atoms with van der Waals surface area (Å²) >= 11 is 0. The number of hydrogen-bond acceptors (Lipinski definition) is 4. The molecule has 6 heteroatoms. The van der Waals surface area contributed by atoms with Gasteiger partial charge in [-0.15, -0.1) is 0 Å². The van der Waals surface area contributed by atoms with E-state index in [0.717, 1.165) is 55.3 Å². The van der Waals surface area contributed by atoms with Gasteiger partial charge in [0.1, 0.15) is 0 Å². The average Bonchev–Trinajstić information content (AvgIpc) is 2.92. The lowest BCUT2D eigenvalue weighted by Gasteiger charge is -2.28. The normalized spacial score (nSPS) is 16.3. The molecule has 0 aromatic heterocycles. The highest BCUT2D eigenvalue weighted by atomic mass is 16.3. The Bertz CT molecular complexity index is 1040. The van der Waals surface area contributed by atoms with Crippen molar-refractivity contribution in [2.24, 2.45) is 5.92 Å². The fourth-order valence-corrected chi connectivity index (χ4v) is 5.27. The van der Waals surface area contributed by atoms with Crippen LogP contribution in [0.25, 0.3) is 0 Å². The van der Waals surface area contributed by atoms with Crippen molar-refractivity contribution in [3.63, 3.8) is 0 Å². The van der Waals surface area contributed by atoms with E-state index in [1.165, 1.54) is 6.42 Å². The topological polar surface area (TPSA) is 81.7 Å². The van der Waals surface area contributed by atoms with Gasteiger partial charge in [-0.25, -0.2) is 0 Å². The standard InChI is InChI=1S/C33H49N3O3/c1-5-12-27-19-28(22-29(20-27)36-18-10-9-17-32(36)38)33(39)35-30(21-26-15-7-6-8-16-26)31(37)23-34-25(4)14-11-13-24(2)3/h6-8,15-16,19-20,22,24-25,30-31,34,37H,5,9-14,17-18,21,23H2,1-4H3,(H,35,39)/t25?,30-,31-/m0/s1. The van der Waals surface area contributed by atoms with E-state index in [2.05, 4.69) is 38.3 Å². The highest BCUT2D eigenvalue weighted by Gasteiger charge is 2.25. The first kappa shape index (κ1) is 30.8. The van der Waals surface area contributed by atoms with Crippen LogP contribution in [-0.4, -0.2) is 48.2 Å². The lowest BCUT2D eigenvalue weighted by atomic mass is 9.98. The monoisotopic (exact) mass is 535 g/mol. The molecular formula is C33H49N3O3. The predicted molar refractivity (Wildman–Crippen MR) is 160 cm³/mol. The molecule has 0 bridgehead atoms. The van der Waals surface area contributed by atoms with Gasteiger partial charge in [0.05, 0.1) is 12.1 Å². The molecule has 3 atom stereocenters. The SMILES string of the molecule is CCCc1cc(C(=O)N[C@@H](Cc2ccccc2)[C@@H](O)CNC(C)CCCC(C)C)cc(N2CCCCC2=O)c1. The van der Waals surface area contributed by atoms with E-state index >= 15 is 0 Å². The number of piperidine rings is 1. The van der Waals surface area contributed by atoms with Crippen LogP contribution >= 0.6 is 0 Å². The van der Waals surface area contributed by atoms with Crippen LogP contribution in [-0.2, 0) is 17.6 Å². The zero-order chi connectivity index (χ0) is 28.2. The second kappa shape index (κ2) is 15.8. The first-order chi connectivity index (χ1) is 18.8. The van der Waals surface area contributed by atoms with E-state index in [1.807, 2.05) is 53.4 Å². The summed E-state index contributed by atoms with van der Waals surface area (Å²) in [5, 5.41) is 17.8. The Kier molecular flexibility index (Phi) is 12.5. The van der Waals surface area contributed by atoms with E-state index < -0.39 is 12.1 Å². The summed E-state index contributed by atoms with van der Waals surface area (Å²) in [6.07, 6.45) is 7.43. The van der Waals surface area contributed by atoms with Gasteiger partial charge in [0.25, 0.3) is 5.91 Å². The van der Waals surface area contributed by atoms with Gasteiger partial charge in [0.2, 0.25) is 5.91 Å². The molecule has 0 saturated carbocycles. The van der Waals surface area contributed by atoms with Crippen molar-refractivity contribution in [2.75, 3.05) is 18.0 Å². The first-order valence-corrected chi connectivity index (χ1v) is 15.0. The number of aliphatic hydroxyl groups is 1. The molecule has 39 heavy (non-hydrogen) atoms. The van der Waals surface area contributed by atoms with Crippen LogP contribution in [0.3, 0.4) is 0 Å². The fourth-order valence-electron chi connectivity index (χ4n) is 5.27. The molecule has 214 valence electrons. The molecule has 1 heterocycles. The van der Waals surface area contributed by atoms with E-state index in [1.54, 1.807) is 0 Å². The molecule has 3 rings (SSSR count). The largest absolute Gasteiger partial charge is 0.390 e. The highest BCUT2D eigenvalue weighted by Crippen LogP contribution is 2.25. The molecule has 1 aliphatic rings. The Morgan fingerprint density at radius 3 is 2.49 bits per heavy atom. The number of aliphatic hydroxyl groups excluding tert-OH is 1. The smallest absolute Gasteiger partial charge is 0.251 e. The summed E-state index contributed by atoms with van der Waals surface area (Å²) in [7, 11) is 0. The van der Waals surface area contributed by atoms with Gasteiger partial charge in [-0.1, -0.05) is 70.4 Å². The maximum atomic E-state index is 13.6. The molecule has 3 N–H and O–H groups in total. The van der Waals surface area contributed by atoms with Crippen molar-refractivity contribution in [3.8, 4) is 0 Å². The van der Waals surface area contributed by atoms with Crippen molar-refractivity contribution in [1.82, 2.24) is 10.6 Å². The molecular weight excluding hydrogens is 486 g/mol. The minimum absolute atomic E-state index is 0.118. The highest BCUT2D eigenvalue weighted by molar-refractivity contribution is 5.99.